The van der Waals surface area contributed by atoms with Gasteiger partial charge in [0.1, 0.15) is 0 Å². The molecule has 0 radical (unpaired) electrons. The zero-order valence-electron chi connectivity index (χ0n) is 14.6. The molecule has 2 aromatic rings. The Hall–Kier alpha value is -2.02. The highest BCUT2D eigenvalue weighted by atomic mass is 35.5. The molecule has 1 atom stereocenters. The first kappa shape index (κ1) is 20.3. The zero-order valence-corrected chi connectivity index (χ0v) is 15.4. The van der Waals surface area contributed by atoms with E-state index in [9.17, 15) is 18.0 Å². The quantitative estimate of drug-likeness (QED) is 0.660. The Morgan fingerprint density at radius 3 is 2.50 bits per heavy atom. The van der Waals surface area contributed by atoms with Crippen molar-refractivity contribution >= 4 is 17.5 Å². The third kappa shape index (κ3) is 5.00. The molecule has 1 aromatic heterocycles. The van der Waals surface area contributed by atoms with Crippen LogP contribution < -0.4 is 5.32 Å². The van der Waals surface area contributed by atoms with E-state index >= 15 is 0 Å². The minimum atomic E-state index is -4.73. The van der Waals surface area contributed by atoms with Crippen LogP contribution >= 0.6 is 11.6 Å². The zero-order chi connectivity index (χ0) is 19.3. The van der Waals surface area contributed by atoms with Crippen LogP contribution in [0.3, 0.4) is 0 Å². The van der Waals surface area contributed by atoms with Gasteiger partial charge in [0.15, 0.2) is 5.69 Å². The van der Waals surface area contributed by atoms with Crippen molar-refractivity contribution in [3.63, 3.8) is 0 Å². The number of aromatic nitrogens is 2. The number of halogens is 4. The summed E-state index contributed by atoms with van der Waals surface area (Å²) in [4.78, 5) is 12.4. The minimum absolute atomic E-state index is 0.178. The van der Waals surface area contributed by atoms with Gasteiger partial charge in [0.25, 0.3) is 5.91 Å². The number of carbonyl (C=O) groups is 1. The lowest BCUT2D eigenvalue weighted by atomic mass is 10.1. The molecule has 2 rings (SSSR count). The van der Waals surface area contributed by atoms with Gasteiger partial charge in [-0.25, -0.2) is 4.68 Å². The molecule has 0 spiro atoms. The van der Waals surface area contributed by atoms with Gasteiger partial charge in [-0.15, -0.1) is 0 Å². The highest BCUT2D eigenvalue weighted by Gasteiger charge is 2.40. The predicted octanol–water partition coefficient (Wildman–Crippen LogP) is 5.24. The van der Waals surface area contributed by atoms with Gasteiger partial charge in [-0.3, -0.25) is 4.79 Å². The third-order valence-corrected chi connectivity index (χ3v) is 4.22. The van der Waals surface area contributed by atoms with E-state index < -0.39 is 23.3 Å². The topological polar surface area (TPSA) is 46.9 Å². The summed E-state index contributed by atoms with van der Waals surface area (Å²) in [6.45, 7) is 3.84. The highest BCUT2D eigenvalue weighted by molar-refractivity contribution is 6.30. The van der Waals surface area contributed by atoms with Crippen LogP contribution in [-0.4, -0.2) is 21.7 Å². The summed E-state index contributed by atoms with van der Waals surface area (Å²) in [5, 5.41) is 6.80. The largest absolute Gasteiger partial charge is 0.434 e. The normalized spacial score (nSPS) is 12.8. The van der Waals surface area contributed by atoms with Crippen molar-refractivity contribution in [1.29, 1.82) is 0 Å². The summed E-state index contributed by atoms with van der Waals surface area (Å²) >= 11 is 5.78. The minimum Gasteiger partial charge on any atom is -0.349 e. The first-order chi connectivity index (χ1) is 12.2. The van der Waals surface area contributed by atoms with E-state index in [1.165, 1.54) is 24.3 Å². The maximum Gasteiger partial charge on any atom is 0.434 e. The molecule has 1 aromatic carbocycles. The number of amides is 1. The van der Waals surface area contributed by atoms with E-state index in [4.69, 9.17) is 11.6 Å². The van der Waals surface area contributed by atoms with Crippen molar-refractivity contribution in [2.24, 2.45) is 0 Å². The SMILES string of the molecule is CCCCCC(C)NC(=O)c1cnn(-c2ccc(Cl)cc2)c1C(F)(F)F. The maximum atomic E-state index is 13.6. The van der Waals surface area contributed by atoms with Crippen molar-refractivity contribution in [3.05, 3.63) is 46.7 Å². The number of hydrogen-bond donors (Lipinski definition) is 1. The fraction of sp³-hybridized carbons (Fsp3) is 0.444. The van der Waals surface area contributed by atoms with E-state index in [-0.39, 0.29) is 11.7 Å². The summed E-state index contributed by atoms with van der Waals surface area (Å²) in [6, 6.07) is 5.55. The number of rotatable bonds is 7. The van der Waals surface area contributed by atoms with Gasteiger partial charge < -0.3 is 5.32 Å². The molecule has 0 aliphatic heterocycles. The molecule has 0 saturated carbocycles. The van der Waals surface area contributed by atoms with Crippen LogP contribution in [0.25, 0.3) is 5.69 Å². The van der Waals surface area contributed by atoms with Gasteiger partial charge in [0, 0.05) is 11.1 Å². The Labute approximate surface area is 155 Å². The molecule has 26 heavy (non-hydrogen) atoms. The van der Waals surface area contributed by atoms with Gasteiger partial charge >= 0.3 is 6.18 Å². The van der Waals surface area contributed by atoms with Gasteiger partial charge in [-0.1, -0.05) is 37.8 Å². The Kier molecular flexibility index (Phi) is 6.69. The van der Waals surface area contributed by atoms with E-state index in [0.29, 0.717) is 16.1 Å². The molecule has 1 N–H and O–H groups in total. The van der Waals surface area contributed by atoms with Gasteiger partial charge in [0.2, 0.25) is 0 Å². The Morgan fingerprint density at radius 1 is 1.27 bits per heavy atom. The van der Waals surface area contributed by atoms with E-state index in [1.54, 1.807) is 6.92 Å². The number of benzene rings is 1. The van der Waals surface area contributed by atoms with Crippen LogP contribution in [0.1, 0.15) is 55.6 Å². The molecule has 0 aliphatic rings. The second-order valence-corrected chi connectivity index (χ2v) is 6.60. The van der Waals surface area contributed by atoms with E-state index in [0.717, 1.165) is 25.5 Å². The molecule has 0 saturated heterocycles. The second-order valence-electron chi connectivity index (χ2n) is 6.16. The lowest BCUT2D eigenvalue weighted by Gasteiger charge is -2.16. The number of hydrogen-bond acceptors (Lipinski definition) is 2. The van der Waals surface area contributed by atoms with Gasteiger partial charge in [-0.2, -0.15) is 18.3 Å². The lowest BCUT2D eigenvalue weighted by molar-refractivity contribution is -0.143. The number of nitrogens with one attached hydrogen (secondary N) is 1. The van der Waals surface area contributed by atoms with E-state index in [1.807, 2.05) is 0 Å². The molecule has 1 heterocycles. The van der Waals surface area contributed by atoms with Crippen molar-refractivity contribution < 1.29 is 18.0 Å². The van der Waals surface area contributed by atoms with Crippen LogP contribution in [0, 0.1) is 0 Å². The Morgan fingerprint density at radius 2 is 1.92 bits per heavy atom. The fourth-order valence-corrected chi connectivity index (χ4v) is 2.77. The first-order valence-corrected chi connectivity index (χ1v) is 8.83. The van der Waals surface area contributed by atoms with Gasteiger partial charge in [-0.05, 0) is 37.6 Å². The maximum absolute atomic E-state index is 13.6. The van der Waals surface area contributed by atoms with Crippen LogP contribution in [0.4, 0.5) is 13.2 Å². The molecule has 0 aliphatic carbocycles. The molecule has 0 bridgehead atoms. The van der Waals surface area contributed by atoms with Crippen LogP contribution in [-0.2, 0) is 6.18 Å². The molecule has 8 heteroatoms. The van der Waals surface area contributed by atoms with Crippen molar-refractivity contribution in [2.75, 3.05) is 0 Å². The number of carbonyl (C=O) groups excluding carboxylic acids is 1. The monoisotopic (exact) mass is 387 g/mol. The van der Waals surface area contributed by atoms with Crippen LogP contribution in [0.5, 0.6) is 0 Å². The smallest absolute Gasteiger partial charge is 0.349 e. The standard InChI is InChI=1S/C18H21ClF3N3O/c1-3-4-5-6-12(2)24-17(26)15-11-23-25(16(15)18(20,21)22)14-9-7-13(19)8-10-14/h7-12H,3-6H2,1-2H3,(H,24,26). The average Bonchev–Trinajstić information content (AvgIpc) is 3.01. The number of nitrogens with zero attached hydrogens (tertiary/aromatic N) is 2. The predicted molar refractivity (Wildman–Crippen MR) is 94.6 cm³/mol. The molecule has 4 nitrogen and oxygen atoms in total. The fourth-order valence-electron chi connectivity index (χ4n) is 2.64. The van der Waals surface area contributed by atoms with E-state index in [2.05, 4.69) is 17.3 Å². The van der Waals surface area contributed by atoms with Crippen molar-refractivity contribution in [2.45, 2.75) is 51.7 Å². The summed E-state index contributed by atoms with van der Waals surface area (Å²) < 4.78 is 41.5. The second kappa shape index (κ2) is 8.58. The van der Waals surface area contributed by atoms with Gasteiger partial charge in [0.05, 0.1) is 17.4 Å². The Balaban J connectivity index is 2.28. The number of unbranched alkanes of at least 4 members (excludes halogenated alkanes) is 2. The average molecular weight is 388 g/mol. The van der Waals surface area contributed by atoms with Crippen molar-refractivity contribution in [1.82, 2.24) is 15.1 Å². The van der Waals surface area contributed by atoms with Crippen LogP contribution in [0.15, 0.2) is 30.5 Å². The number of alkyl halides is 3. The lowest BCUT2D eigenvalue weighted by Crippen LogP contribution is -2.33. The summed E-state index contributed by atoms with van der Waals surface area (Å²) in [5.74, 6) is -0.776. The highest BCUT2D eigenvalue weighted by Crippen LogP contribution is 2.34. The summed E-state index contributed by atoms with van der Waals surface area (Å²) in [6.07, 6.45) is -0.102. The molecular weight excluding hydrogens is 367 g/mol. The molecule has 0 fully saturated rings. The first-order valence-electron chi connectivity index (χ1n) is 8.46. The summed E-state index contributed by atoms with van der Waals surface area (Å²) in [7, 11) is 0. The molecule has 142 valence electrons. The summed E-state index contributed by atoms with van der Waals surface area (Å²) in [5.41, 5.74) is -1.41. The molecule has 1 amide bonds. The Bertz CT molecular complexity index is 741. The molecular formula is C18H21ClF3N3O. The van der Waals surface area contributed by atoms with Crippen molar-refractivity contribution in [3.8, 4) is 5.69 Å². The molecule has 1 unspecified atom stereocenters. The van der Waals surface area contributed by atoms with Crippen LogP contribution in [0.2, 0.25) is 5.02 Å². The third-order valence-electron chi connectivity index (χ3n) is 3.97.